The zero-order valence-corrected chi connectivity index (χ0v) is 12.1. The predicted octanol–water partition coefficient (Wildman–Crippen LogP) is 5.67. The molecule has 0 fully saturated rings. The lowest BCUT2D eigenvalue weighted by Crippen LogP contribution is -1.96. The fourth-order valence-corrected chi connectivity index (χ4v) is 2.96. The first kappa shape index (κ1) is 12.9. The van der Waals surface area contributed by atoms with E-state index in [-0.39, 0.29) is 4.83 Å². The Kier molecular flexibility index (Phi) is 4.49. The first-order valence-corrected chi connectivity index (χ1v) is 6.97. The van der Waals surface area contributed by atoms with Gasteiger partial charge in [0.05, 0.1) is 0 Å². The van der Waals surface area contributed by atoms with E-state index in [4.69, 9.17) is 23.2 Å². The molecule has 0 spiro atoms. The van der Waals surface area contributed by atoms with E-state index in [1.54, 1.807) is 0 Å². The topological polar surface area (TPSA) is 0 Å². The van der Waals surface area contributed by atoms with Gasteiger partial charge in [0.2, 0.25) is 0 Å². The molecule has 0 aliphatic rings. The van der Waals surface area contributed by atoms with Crippen molar-refractivity contribution in [1.29, 1.82) is 0 Å². The highest BCUT2D eigenvalue weighted by atomic mass is 79.9. The first-order chi connectivity index (χ1) is 8.16. The fourth-order valence-electron chi connectivity index (χ4n) is 1.67. The summed E-state index contributed by atoms with van der Waals surface area (Å²) in [5.41, 5.74) is 2.35. The van der Waals surface area contributed by atoms with Crippen molar-refractivity contribution in [3.8, 4) is 0 Å². The molecule has 3 heteroatoms. The van der Waals surface area contributed by atoms with Crippen molar-refractivity contribution < 1.29 is 0 Å². The third-order valence-corrected chi connectivity index (χ3v) is 3.98. The molecule has 0 nitrogen and oxygen atoms in total. The molecule has 0 amide bonds. The lowest BCUT2D eigenvalue weighted by atomic mass is 10.0. The molecule has 1 unspecified atom stereocenters. The van der Waals surface area contributed by atoms with Crippen LogP contribution in [0.5, 0.6) is 0 Å². The molecule has 2 aromatic rings. The van der Waals surface area contributed by atoms with E-state index in [0.29, 0.717) is 0 Å². The number of alkyl halides is 1. The number of benzene rings is 2. The lowest BCUT2D eigenvalue weighted by molar-refractivity contribution is 0.949. The smallest absolute Gasteiger partial charge is 0.0450 e. The fraction of sp³-hybridized carbons (Fsp3) is 0.143. The molecule has 0 saturated heterocycles. The molecule has 88 valence electrons. The Morgan fingerprint density at radius 3 is 2.24 bits per heavy atom. The van der Waals surface area contributed by atoms with Crippen LogP contribution < -0.4 is 0 Å². The van der Waals surface area contributed by atoms with Crippen molar-refractivity contribution >= 4 is 39.1 Å². The molecule has 0 N–H and O–H groups in total. The molecule has 0 aliphatic carbocycles. The Labute approximate surface area is 120 Å². The van der Waals surface area contributed by atoms with E-state index in [0.717, 1.165) is 22.0 Å². The van der Waals surface area contributed by atoms with E-state index in [1.165, 1.54) is 5.56 Å². The highest BCUT2D eigenvalue weighted by Crippen LogP contribution is 2.32. The van der Waals surface area contributed by atoms with Gasteiger partial charge < -0.3 is 0 Å². The minimum Gasteiger partial charge on any atom is -0.0843 e. The number of hydrogen-bond donors (Lipinski definition) is 0. The summed E-state index contributed by atoms with van der Waals surface area (Å²) < 4.78 is 0. The van der Waals surface area contributed by atoms with Gasteiger partial charge in [0.15, 0.2) is 0 Å². The van der Waals surface area contributed by atoms with Crippen LogP contribution in [0.1, 0.15) is 16.0 Å². The van der Waals surface area contributed by atoms with Gasteiger partial charge in [0.25, 0.3) is 0 Å². The molecule has 0 aliphatic heterocycles. The normalized spacial score (nSPS) is 12.4. The maximum Gasteiger partial charge on any atom is 0.0450 e. The Bertz CT molecular complexity index is 494. The lowest BCUT2D eigenvalue weighted by Gasteiger charge is -2.12. The second-order valence-corrected chi connectivity index (χ2v) is 5.77. The van der Waals surface area contributed by atoms with E-state index in [1.807, 2.05) is 48.5 Å². The van der Waals surface area contributed by atoms with Crippen molar-refractivity contribution in [1.82, 2.24) is 0 Å². The zero-order valence-electron chi connectivity index (χ0n) is 9.04. The molecule has 2 rings (SSSR count). The minimum absolute atomic E-state index is 0.220. The van der Waals surface area contributed by atoms with Crippen LogP contribution in [-0.2, 0) is 6.42 Å². The van der Waals surface area contributed by atoms with Gasteiger partial charge in [-0.1, -0.05) is 69.5 Å². The van der Waals surface area contributed by atoms with E-state index >= 15 is 0 Å². The average molecular weight is 330 g/mol. The summed E-state index contributed by atoms with van der Waals surface area (Å²) in [6.45, 7) is 0. The van der Waals surface area contributed by atoms with Crippen LogP contribution in [-0.4, -0.2) is 0 Å². The monoisotopic (exact) mass is 328 g/mol. The summed E-state index contributed by atoms with van der Waals surface area (Å²) in [6.07, 6.45) is 0.890. The second kappa shape index (κ2) is 5.90. The van der Waals surface area contributed by atoms with Gasteiger partial charge in [-0.15, -0.1) is 0 Å². The van der Waals surface area contributed by atoms with Crippen LogP contribution in [0.15, 0.2) is 48.5 Å². The summed E-state index contributed by atoms with van der Waals surface area (Å²) in [6, 6.07) is 15.8. The highest BCUT2D eigenvalue weighted by molar-refractivity contribution is 9.09. The largest absolute Gasteiger partial charge is 0.0843 e. The van der Waals surface area contributed by atoms with Crippen LogP contribution in [0.25, 0.3) is 0 Å². The Balaban J connectivity index is 2.14. The van der Waals surface area contributed by atoms with Gasteiger partial charge in [0, 0.05) is 14.9 Å². The molecule has 2 aromatic carbocycles. The van der Waals surface area contributed by atoms with Crippen LogP contribution in [0.4, 0.5) is 0 Å². The van der Waals surface area contributed by atoms with Gasteiger partial charge in [-0.2, -0.15) is 0 Å². The van der Waals surface area contributed by atoms with Gasteiger partial charge >= 0.3 is 0 Å². The summed E-state index contributed by atoms with van der Waals surface area (Å²) >= 11 is 15.7. The molecular formula is C14H11BrCl2. The van der Waals surface area contributed by atoms with Crippen molar-refractivity contribution in [2.45, 2.75) is 11.2 Å². The number of hydrogen-bond acceptors (Lipinski definition) is 0. The summed E-state index contributed by atoms with van der Waals surface area (Å²) in [5, 5.41) is 1.56. The highest BCUT2D eigenvalue weighted by Gasteiger charge is 2.11. The van der Waals surface area contributed by atoms with Gasteiger partial charge in [-0.05, 0) is 35.7 Å². The summed E-state index contributed by atoms with van der Waals surface area (Å²) in [5.74, 6) is 0. The van der Waals surface area contributed by atoms with Gasteiger partial charge in [0.1, 0.15) is 0 Å². The Hall–Kier alpha value is -0.500. The van der Waals surface area contributed by atoms with E-state index < -0.39 is 0 Å². The maximum atomic E-state index is 6.16. The van der Waals surface area contributed by atoms with Crippen molar-refractivity contribution in [3.05, 3.63) is 69.7 Å². The quantitative estimate of drug-likeness (QED) is 0.636. The number of halogens is 3. The second-order valence-electron chi connectivity index (χ2n) is 3.82. The standard InChI is InChI=1S/C14H11BrCl2/c15-13(12-3-1-2-4-14(12)17)9-10-5-7-11(16)8-6-10/h1-8,13H,9H2. The predicted molar refractivity (Wildman–Crippen MR) is 78.3 cm³/mol. The van der Waals surface area contributed by atoms with Gasteiger partial charge in [-0.3, -0.25) is 0 Å². The molecule has 0 radical (unpaired) electrons. The third kappa shape index (κ3) is 3.48. The van der Waals surface area contributed by atoms with Gasteiger partial charge in [-0.25, -0.2) is 0 Å². The van der Waals surface area contributed by atoms with Crippen molar-refractivity contribution in [3.63, 3.8) is 0 Å². The SMILES string of the molecule is Clc1ccc(CC(Br)c2ccccc2Cl)cc1. The summed E-state index contributed by atoms with van der Waals surface area (Å²) in [4.78, 5) is 0.220. The molecule has 0 saturated carbocycles. The van der Waals surface area contributed by atoms with Crippen LogP contribution in [0.2, 0.25) is 10.0 Å². The third-order valence-electron chi connectivity index (χ3n) is 2.57. The van der Waals surface area contributed by atoms with Crippen LogP contribution >= 0.6 is 39.1 Å². The maximum absolute atomic E-state index is 6.16. The Morgan fingerprint density at radius 1 is 0.941 bits per heavy atom. The van der Waals surface area contributed by atoms with E-state index in [2.05, 4.69) is 15.9 Å². The molecule has 0 aromatic heterocycles. The molecule has 1 atom stereocenters. The van der Waals surface area contributed by atoms with Crippen LogP contribution in [0, 0.1) is 0 Å². The number of rotatable bonds is 3. The van der Waals surface area contributed by atoms with Crippen molar-refractivity contribution in [2.24, 2.45) is 0 Å². The summed E-state index contributed by atoms with van der Waals surface area (Å²) in [7, 11) is 0. The molecule has 17 heavy (non-hydrogen) atoms. The zero-order chi connectivity index (χ0) is 12.3. The van der Waals surface area contributed by atoms with Crippen molar-refractivity contribution in [2.75, 3.05) is 0 Å². The molecule has 0 heterocycles. The van der Waals surface area contributed by atoms with Crippen LogP contribution in [0.3, 0.4) is 0 Å². The Morgan fingerprint density at radius 2 is 1.59 bits per heavy atom. The minimum atomic E-state index is 0.220. The van der Waals surface area contributed by atoms with E-state index in [9.17, 15) is 0 Å². The molecule has 0 bridgehead atoms. The average Bonchev–Trinajstić information content (AvgIpc) is 2.32. The first-order valence-electron chi connectivity index (χ1n) is 5.30. The molecular weight excluding hydrogens is 319 g/mol.